The molecular weight excluding hydrogens is 320 g/mol. The third-order valence-electron chi connectivity index (χ3n) is 5.06. The highest BCUT2D eigenvalue weighted by Crippen LogP contribution is 2.36. The van der Waals surface area contributed by atoms with Crippen molar-refractivity contribution in [3.63, 3.8) is 0 Å². The van der Waals surface area contributed by atoms with E-state index in [9.17, 15) is 14.7 Å². The summed E-state index contributed by atoms with van der Waals surface area (Å²) in [5, 5.41) is 10.5. The number of aromatic nitrogens is 2. The van der Waals surface area contributed by atoms with Gasteiger partial charge < -0.3 is 14.4 Å². The molecule has 0 saturated carbocycles. The first-order valence-electron chi connectivity index (χ1n) is 8.09. The summed E-state index contributed by atoms with van der Waals surface area (Å²) >= 11 is 0. The second-order valence-corrected chi connectivity index (χ2v) is 6.56. The minimum atomic E-state index is -0.455. The number of pyridine rings is 2. The lowest BCUT2D eigenvalue weighted by Crippen LogP contribution is -2.31. The van der Waals surface area contributed by atoms with Gasteiger partial charge in [-0.3, -0.25) is 9.59 Å². The van der Waals surface area contributed by atoms with Crippen LogP contribution in [0.5, 0.6) is 5.75 Å². The van der Waals surface area contributed by atoms with Gasteiger partial charge in [-0.1, -0.05) is 0 Å². The fraction of sp³-hybridized carbons (Fsp3) is 0.211. The van der Waals surface area contributed by atoms with Crippen LogP contribution in [0.15, 0.2) is 35.1 Å². The van der Waals surface area contributed by atoms with Crippen LogP contribution in [0.4, 0.5) is 0 Å². The van der Waals surface area contributed by atoms with Gasteiger partial charge in [0.25, 0.3) is 5.56 Å². The largest absolute Gasteiger partial charge is 0.508 e. The number of rotatable bonds is 0. The first kappa shape index (κ1) is 14.2. The molecule has 6 heteroatoms. The molecule has 5 rings (SSSR count). The molecule has 1 unspecified atom stereocenters. The predicted octanol–water partition coefficient (Wildman–Crippen LogP) is 2.29. The number of phenols is 1. The molecule has 0 radical (unpaired) electrons. The van der Waals surface area contributed by atoms with Crippen molar-refractivity contribution in [1.29, 1.82) is 0 Å². The van der Waals surface area contributed by atoms with Crippen molar-refractivity contribution >= 4 is 16.9 Å². The lowest BCUT2D eigenvalue weighted by atomic mass is 9.94. The van der Waals surface area contributed by atoms with E-state index in [0.717, 1.165) is 33.4 Å². The molecule has 2 aliphatic heterocycles. The van der Waals surface area contributed by atoms with Crippen molar-refractivity contribution < 1.29 is 14.6 Å². The molecule has 0 saturated heterocycles. The molecule has 0 spiro atoms. The summed E-state index contributed by atoms with van der Waals surface area (Å²) in [7, 11) is 0. The zero-order valence-electron chi connectivity index (χ0n) is 13.4. The number of ether oxygens (including phenoxy) is 1. The monoisotopic (exact) mass is 334 g/mol. The van der Waals surface area contributed by atoms with E-state index in [0.29, 0.717) is 12.1 Å². The molecule has 3 aromatic rings. The third kappa shape index (κ3) is 1.88. The maximum atomic E-state index is 12.9. The number of esters is 1. The topological polar surface area (TPSA) is 81.4 Å². The molecule has 0 bridgehead atoms. The Morgan fingerprint density at radius 2 is 2.08 bits per heavy atom. The SMILES string of the molecule is CC1C(=O)OCc2c1cc1n(c2=O)Cc2cc3cc(O)ccc3nc2-1. The Balaban J connectivity index is 1.78. The van der Waals surface area contributed by atoms with Gasteiger partial charge in [0.15, 0.2) is 0 Å². The molecule has 1 aromatic carbocycles. The van der Waals surface area contributed by atoms with Gasteiger partial charge in [0.1, 0.15) is 12.4 Å². The molecule has 6 nitrogen and oxygen atoms in total. The van der Waals surface area contributed by atoms with E-state index < -0.39 is 5.92 Å². The first-order chi connectivity index (χ1) is 12.0. The van der Waals surface area contributed by atoms with Crippen molar-refractivity contribution in [3.8, 4) is 17.1 Å². The Hall–Kier alpha value is -3.15. The summed E-state index contributed by atoms with van der Waals surface area (Å²) in [6, 6.07) is 8.85. The van der Waals surface area contributed by atoms with Crippen molar-refractivity contribution in [3.05, 3.63) is 57.4 Å². The highest BCUT2D eigenvalue weighted by Gasteiger charge is 2.32. The molecule has 124 valence electrons. The summed E-state index contributed by atoms with van der Waals surface area (Å²) in [5.41, 5.74) is 4.31. The molecule has 0 fully saturated rings. The Morgan fingerprint density at radius 1 is 1.24 bits per heavy atom. The number of phenolic OH excluding ortho intramolecular Hbond substituents is 1. The van der Waals surface area contributed by atoms with Crippen LogP contribution < -0.4 is 5.56 Å². The van der Waals surface area contributed by atoms with E-state index in [1.807, 2.05) is 12.1 Å². The number of fused-ring (bicyclic) bond motifs is 5. The lowest BCUT2D eigenvalue weighted by molar-refractivity contribution is -0.147. The van der Waals surface area contributed by atoms with Gasteiger partial charge in [0.2, 0.25) is 0 Å². The van der Waals surface area contributed by atoms with Crippen molar-refractivity contribution in [2.45, 2.75) is 26.0 Å². The molecule has 0 amide bonds. The maximum absolute atomic E-state index is 12.9. The van der Waals surface area contributed by atoms with E-state index in [1.165, 1.54) is 0 Å². The second kappa shape index (κ2) is 4.69. The maximum Gasteiger partial charge on any atom is 0.313 e. The lowest BCUT2D eigenvalue weighted by Gasteiger charge is -2.22. The van der Waals surface area contributed by atoms with E-state index in [-0.39, 0.29) is 23.9 Å². The fourth-order valence-corrected chi connectivity index (χ4v) is 3.71. The predicted molar refractivity (Wildman–Crippen MR) is 90.4 cm³/mol. The summed E-state index contributed by atoms with van der Waals surface area (Å²) < 4.78 is 6.80. The molecule has 1 atom stereocenters. The third-order valence-corrected chi connectivity index (χ3v) is 5.06. The number of nitrogens with zero attached hydrogens (tertiary/aromatic N) is 2. The van der Waals surface area contributed by atoms with Gasteiger partial charge in [-0.15, -0.1) is 0 Å². The molecule has 1 N–H and O–H groups in total. The van der Waals surface area contributed by atoms with Crippen LogP contribution >= 0.6 is 0 Å². The van der Waals surface area contributed by atoms with Crippen LogP contribution in [0.2, 0.25) is 0 Å². The smallest absolute Gasteiger partial charge is 0.313 e. The van der Waals surface area contributed by atoms with Gasteiger partial charge in [-0.2, -0.15) is 0 Å². The second-order valence-electron chi connectivity index (χ2n) is 6.56. The summed E-state index contributed by atoms with van der Waals surface area (Å²) in [6.07, 6.45) is 0. The Labute approximate surface area is 142 Å². The van der Waals surface area contributed by atoms with Crippen LogP contribution in [0, 0.1) is 0 Å². The van der Waals surface area contributed by atoms with E-state index in [1.54, 1.807) is 29.7 Å². The minimum Gasteiger partial charge on any atom is -0.508 e. The van der Waals surface area contributed by atoms with Crippen LogP contribution in [-0.4, -0.2) is 20.6 Å². The normalized spacial score (nSPS) is 17.8. The Kier molecular flexibility index (Phi) is 2.67. The molecular formula is C19H14N2O4. The van der Waals surface area contributed by atoms with Gasteiger partial charge in [-0.25, -0.2) is 4.98 Å². The zero-order valence-corrected chi connectivity index (χ0v) is 13.4. The number of carbonyl (C=O) groups is 1. The van der Waals surface area contributed by atoms with E-state index >= 15 is 0 Å². The van der Waals surface area contributed by atoms with Crippen LogP contribution in [0.3, 0.4) is 0 Å². The van der Waals surface area contributed by atoms with Crippen molar-refractivity contribution in [2.75, 3.05) is 0 Å². The van der Waals surface area contributed by atoms with E-state index in [4.69, 9.17) is 4.74 Å². The minimum absolute atomic E-state index is 0.0250. The molecule has 4 heterocycles. The Morgan fingerprint density at radius 3 is 2.92 bits per heavy atom. The van der Waals surface area contributed by atoms with Crippen LogP contribution in [0.1, 0.15) is 29.5 Å². The average molecular weight is 334 g/mol. The number of hydrogen-bond donors (Lipinski definition) is 1. The quantitative estimate of drug-likeness (QED) is 0.499. The highest BCUT2D eigenvalue weighted by atomic mass is 16.5. The number of aromatic hydroxyl groups is 1. The van der Waals surface area contributed by atoms with Crippen molar-refractivity contribution in [2.24, 2.45) is 0 Å². The van der Waals surface area contributed by atoms with Crippen LogP contribution in [0.25, 0.3) is 22.3 Å². The van der Waals surface area contributed by atoms with Gasteiger partial charge in [0.05, 0.1) is 34.9 Å². The van der Waals surface area contributed by atoms with Crippen molar-refractivity contribution in [1.82, 2.24) is 9.55 Å². The number of cyclic esters (lactones) is 1. The average Bonchev–Trinajstić information content (AvgIpc) is 2.95. The number of hydrogen-bond acceptors (Lipinski definition) is 5. The zero-order chi connectivity index (χ0) is 17.3. The fourth-order valence-electron chi connectivity index (χ4n) is 3.71. The summed E-state index contributed by atoms with van der Waals surface area (Å²) in [6.45, 7) is 2.21. The summed E-state index contributed by atoms with van der Waals surface area (Å²) in [5.74, 6) is -0.581. The van der Waals surface area contributed by atoms with Gasteiger partial charge in [0, 0.05) is 10.9 Å². The molecule has 2 aliphatic rings. The molecule has 2 aromatic heterocycles. The van der Waals surface area contributed by atoms with E-state index in [2.05, 4.69) is 4.98 Å². The number of benzene rings is 1. The first-order valence-corrected chi connectivity index (χ1v) is 8.09. The van der Waals surface area contributed by atoms with Gasteiger partial charge >= 0.3 is 5.97 Å². The van der Waals surface area contributed by atoms with Crippen LogP contribution in [-0.2, 0) is 22.7 Å². The number of carbonyl (C=O) groups excluding carboxylic acids is 1. The molecule has 25 heavy (non-hydrogen) atoms. The standard InChI is InChI=1S/C19H14N2O4/c1-9-13-6-16-17-11(4-10-5-12(22)2-3-15(10)20-17)7-21(16)18(23)14(13)8-25-19(9)24/h2-6,9,22H,7-8H2,1H3. The van der Waals surface area contributed by atoms with Gasteiger partial charge in [-0.05, 0) is 42.8 Å². The summed E-state index contributed by atoms with van der Waals surface area (Å²) in [4.78, 5) is 29.4. The Bertz CT molecular complexity index is 1150. The highest BCUT2D eigenvalue weighted by molar-refractivity contribution is 5.86. The molecule has 0 aliphatic carbocycles.